The first-order valence-corrected chi connectivity index (χ1v) is 4.91. The first-order valence-electron chi connectivity index (χ1n) is 4.91. The number of nitrogens with one attached hydrogen (secondary N) is 1. The van der Waals surface area contributed by atoms with Crippen LogP contribution in [0.3, 0.4) is 0 Å². The maximum Gasteiger partial charge on any atom is 0.417 e. The summed E-state index contributed by atoms with van der Waals surface area (Å²) in [6, 6.07) is 4.93. The highest BCUT2D eigenvalue weighted by Crippen LogP contribution is 2.33. The number of rotatable bonds is 2. The average molecular weight is 266 g/mol. The van der Waals surface area contributed by atoms with Crippen molar-refractivity contribution in [1.29, 1.82) is 0 Å². The van der Waals surface area contributed by atoms with Gasteiger partial charge < -0.3 is 5.32 Å². The Bertz CT molecular complexity index is 415. The Kier molecular flexibility index (Phi) is 4.16. The second-order valence-corrected chi connectivity index (χ2v) is 3.76. The summed E-state index contributed by atoms with van der Waals surface area (Å²) in [7, 11) is 0. The normalized spacial score (nSPS) is 15.9. The first-order chi connectivity index (χ1) is 7.50. The lowest BCUT2D eigenvalue weighted by molar-refractivity contribution is -0.137. The van der Waals surface area contributed by atoms with E-state index in [1.54, 1.807) is 0 Å². The lowest BCUT2D eigenvalue weighted by Gasteiger charge is -2.26. The summed E-state index contributed by atoms with van der Waals surface area (Å²) in [6.07, 6.45) is -4.47. The smallest absolute Gasteiger partial charge is 0.315 e. The van der Waals surface area contributed by atoms with Crippen molar-refractivity contribution in [1.82, 2.24) is 5.32 Å². The molecule has 6 heteroatoms. The summed E-state index contributed by atoms with van der Waals surface area (Å²) in [5.41, 5.74) is -1.06. The molecule has 0 radical (unpaired) electrons. The molecule has 0 bridgehead atoms. The highest BCUT2D eigenvalue weighted by molar-refractivity contribution is 6.00. The minimum Gasteiger partial charge on any atom is -0.315 e. The van der Waals surface area contributed by atoms with E-state index in [1.165, 1.54) is 18.2 Å². The third-order valence-electron chi connectivity index (χ3n) is 2.65. The molecule has 1 aromatic carbocycles. The predicted octanol–water partition coefficient (Wildman–Crippen LogP) is 2.53. The molecule has 0 aliphatic carbocycles. The summed E-state index contributed by atoms with van der Waals surface area (Å²) >= 11 is 0. The van der Waals surface area contributed by atoms with Crippen molar-refractivity contribution in [2.75, 3.05) is 13.1 Å². The van der Waals surface area contributed by atoms with Gasteiger partial charge in [-0.15, -0.1) is 12.4 Å². The molecule has 2 nitrogen and oxygen atoms in total. The predicted molar refractivity (Wildman–Crippen MR) is 59.4 cm³/mol. The van der Waals surface area contributed by atoms with E-state index in [0.29, 0.717) is 13.1 Å². The number of hydrogen-bond acceptors (Lipinski definition) is 2. The maximum atomic E-state index is 12.6. The number of benzene rings is 1. The lowest BCUT2D eigenvalue weighted by atomic mass is 9.90. The van der Waals surface area contributed by atoms with Gasteiger partial charge in [0.15, 0.2) is 5.78 Å². The van der Waals surface area contributed by atoms with Gasteiger partial charge in [0.25, 0.3) is 0 Å². The van der Waals surface area contributed by atoms with Crippen LogP contribution in [0, 0.1) is 5.92 Å². The SMILES string of the molecule is Cl.O=C(c1ccccc1C(F)(F)F)C1CNC1. The fourth-order valence-electron chi connectivity index (χ4n) is 1.64. The van der Waals surface area contributed by atoms with Crippen molar-refractivity contribution in [3.05, 3.63) is 35.4 Å². The quantitative estimate of drug-likeness (QED) is 0.833. The maximum absolute atomic E-state index is 12.6. The van der Waals surface area contributed by atoms with Gasteiger partial charge in [0.1, 0.15) is 0 Å². The van der Waals surface area contributed by atoms with Crippen LogP contribution in [0.25, 0.3) is 0 Å². The molecule has 2 rings (SSSR count). The van der Waals surface area contributed by atoms with Crippen LogP contribution in [0.4, 0.5) is 13.2 Å². The second kappa shape index (κ2) is 5.06. The Labute approximate surface area is 103 Å². The highest BCUT2D eigenvalue weighted by atomic mass is 35.5. The van der Waals surface area contributed by atoms with Crippen molar-refractivity contribution >= 4 is 18.2 Å². The second-order valence-electron chi connectivity index (χ2n) is 3.76. The number of carbonyl (C=O) groups is 1. The zero-order chi connectivity index (χ0) is 11.8. The van der Waals surface area contributed by atoms with Crippen LogP contribution >= 0.6 is 12.4 Å². The van der Waals surface area contributed by atoms with Crippen LogP contribution in [0.5, 0.6) is 0 Å². The third-order valence-corrected chi connectivity index (χ3v) is 2.65. The molecule has 1 aliphatic heterocycles. The van der Waals surface area contributed by atoms with E-state index in [9.17, 15) is 18.0 Å². The molecular formula is C11H11ClF3NO. The molecule has 17 heavy (non-hydrogen) atoms. The van der Waals surface area contributed by atoms with Gasteiger partial charge in [0, 0.05) is 24.6 Å². The molecule has 0 unspecified atom stereocenters. The molecule has 1 fully saturated rings. The molecule has 1 saturated heterocycles. The van der Waals surface area contributed by atoms with Gasteiger partial charge in [0.05, 0.1) is 5.56 Å². The molecule has 0 aromatic heterocycles. The minimum absolute atomic E-state index is 0. The van der Waals surface area contributed by atoms with Crippen molar-refractivity contribution in [2.45, 2.75) is 6.18 Å². The van der Waals surface area contributed by atoms with E-state index in [2.05, 4.69) is 5.32 Å². The zero-order valence-electron chi connectivity index (χ0n) is 8.75. The van der Waals surface area contributed by atoms with Crippen LogP contribution in [-0.4, -0.2) is 18.9 Å². The topological polar surface area (TPSA) is 29.1 Å². The molecule has 0 atom stereocenters. The molecule has 0 saturated carbocycles. The van der Waals surface area contributed by atoms with Gasteiger partial charge in [-0.25, -0.2) is 0 Å². The van der Waals surface area contributed by atoms with Crippen LogP contribution in [-0.2, 0) is 6.18 Å². The van der Waals surface area contributed by atoms with Crippen LogP contribution in [0.1, 0.15) is 15.9 Å². The minimum atomic E-state index is -4.47. The van der Waals surface area contributed by atoms with Crippen LogP contribution in [0.15, 0.2) is 24.3 Å². The summed E-state index contributed by atoms with van der Waals surface area (Å²) < 4.78 is 37.9. The fourth-order valence-corrected chi connectivity index (χ4v) is 1.64. The Morgan fingerprint density at radius 1 is 1.24 bits per heavy atom. The van der Waals surface area contributed by atoms with E-state index in [4.69, 9.17) is 0 Å². The number of Topliss-reactive ketones (excluding diaryl/α,β-unsaturated/α-hetero) is 1. The van der Waals surface area contributed by atoms with Crippen molar-refractivity contribution < 1.29 is 18.0 Å². The van der Waals surface area contributed by atoms with Crippen molar-refractivity contribution in [3.63, 3.8) is 0 Å². The van der Waals surface area contributed by atoms with Crippen LogP contribution in [0.2, 0.25) is 0 Å². The molecule has 1 aromatic rings. The van der Waals surface area contributed by atoms with E-state index in [-0.39, 0.29) is 23.9 Å². The van der Waals surface area contributed by atoms with E-state index in [0.717, 1.165) is 6.07 Å². The first kappa shape index (κ1) is 14.0. The Morgan fingerprint density at radius 3 is 2.29 bits per heavy atom. The number of halogens is 4. The highest BCUT2D eigenvalue weighted by Gasteiger charge is 2.37. The molecule has 94 valence electrons. The van der Waals surface area contributed by atoms with Crippen molar-refractivity contribution in [3.8, 4) is 0 Å². The standard InChI is InChI=1S/C11H10F3NO.ClH/c12-11(13,14)9-4-2-1-3-8(9)10(16)7-5-15-6-7;/h1-4,7,15H,5-6H2;1H. The average Bonchev–Trinajstić information content (AvgIpc) is 2.13. The van der Waals surface area contributed by atoms with Gasteiger partial charge in [-0.2, -0.15) is 13.2 Å². The number of carbonyl (C=O) groups excluding carboxylic acids is 1. The lowest BCUT2D eigenvalue weighted by Crippen LogP contribution is -2.46. The molecule has 1 heterocycles. The van der Waals surface area contributed by atoms with E-state index in [1.807, 2.05) is 0 Å². The van der Waals surface area contributed by atoms with Gasteiger partial charge in [-0.3, -0.25) is 4.79 Å². The third kappa shape index (κ3) is 2.79. The molecule has 0 amide bonds. The zero-order valence-corrected chi connectivity index (χ0v) is 9.57. The Balaban J connectivity index is 0.00000144. The Morgan fingerprint density at radius 2 is 1.82 bits per heavy atom. The number of ketones is 1. The monoisotopic (exact) mass is 265 g/mol. The van der Waals surface area contributed by atoms with Gasteiger partial charge >= 0.3 is 6.18 Å². The molecule has 0 spiro atoms. The van der Waals surface area contributed by atoms with Gasteiger partial charge in [0.2, 0.25) is 0 Å². The summed E-state index contributed by atoms with van der Waals surface area (Å²) in [6.45, 7) is 0.927. The largest absolute Gasteiger partial charge is 0.417 e. The van der Waals surface area contributed by atoms with Gasteiger partial charge in [-0.1, -0.05) is 18.2 Å². The number of hydrogen-bond donors (Lipinski definition) is 1. The molecular weight excluding hydrogens is 255 g/mol. The fraction of sp³-hybridized carbons (Fsp3) is 0.364. The summed E-state index contributed by atoms with van der Waals surface area (Å²) in [5.74, 6) is -0.741. The van der Waals surface area contributed by atoms with E-state index >= 15 is 0 Å². The molecule has 1 N–H and O–H groups in total. The number of alkyl halides is 3. The van der Waals surface area contributed by atoms with E-state index < -0.39 is 17.5 Å². The van der Waals surface area contributed by atoms with Crippen molar-refractivity contribution in [2.24, 2.45) is 5.92 Å². The van der Waals surface area contributed by atoms with Crippen LogP contribution < -0.4 is 5.32 Å². The van der Waals surface area contributed by atoms with Gasteiger partial charge in [-0.05, 0) is 6.07 Å². The Hall–Kier alpha value is -1.07. The summed E-state index contributed by atoms with van der Waals surface area (Å²) in [4.78, 5) is 11.8. The summed E-state index contributed by atoms with van der Waals surface area (Å²) in [5, 5.41) is 2.87. The molecule has 1 aliphatic rings.